The molecule has 1 aromatic carbocycles. The zero-order valence-electron chi connectivity index (χ0n) is 14.0. The second kappa shape index (κ2) is 6.18. The van der Waals surface area contributed by atoms with Crippen molar-refractivity contribution in [3.63, 3.8) is 0 Å². The van der Waals surface area contributed by atoms with Crippen LogP contribution in [0.2, 0.25) is 0 Å². The molecular weight excluding hydrogens is 286 g/mol. The fourth-order valence-corrected chi connectivity index (χ4v) is 5.60. The maximum atomic E-state index is 12.4. The van der Waals surface area contributed by atoms with Crippen LogP contribution in [-0.4, -0.2) is 19.1 Å². The van der Waals surface area contributed by atoms with Crippen LogP contribution >= 0.6 is 0 Å². The van der Waals surface area contributed by atoms with Crippen LogP contribution in [-0.2, 0) is 11.2 Å². The van der Waals surface area contributed by atoms with Crippen LogP contribution in [0.15, 0.2) is 24.3 Å². The first-order valence-electron chi connectivity index (χ1n) is 9.17. The van der Waals surface area contributed by atoms with Crippen molar-refractivity contribution in [2.75, 3.05) is 7.11 Å². The second-order valence-corrected chi connectivity index (χ2v) is 7.68. The quantitative estimate of drug-likeness (QED) is 0.902. The SMILES string of the molecule is COc1cccc(CCC(=O)NC2CC3CC2C2CCCC32)c1. The third kappa shape index (κ3) is 2.86. The number of carbonyl (C=O) groups is 1. The minimum atomic E-state index is 0.222. The molecule has 3 aliphatic carbocycles. The van der Waals surface area contributed by atoms with E-state index in [-0.39, 0.29) is 5.91 Å². The van der Waals surface area contributed by atoms with E-state index in [4.69, 9.17) is 4.74 Å². The molecule has 1 amide bonds. The molecule has 0 spiro atoms. The average molecular weight is 313 g/mol. The van der Waals surface area contributed by atoms with Gasteiger partial charge in [0.25, 0.3) is 0 Å². The highest BCUT2D eigenvalue weighted by Crippen LogP contribution is 2.58. The number of fused-ring (bicyclic) bond motifs is 5. The summed E-state index contributed by atoms with van der Waals surface area (Å²) in [5, 5.41) is 3.35. The Balaban J connectivity index is 1.29. The maximum absolute atomic E-state index is 12.4. The average Bonchev–Trinajstić information content (AvgIpc) is 3.26. The van der Waals surface area contributed by atoms with Gasteiger partial charge in [-0.3, -0.25) is 4.79 Å². The van der Waals surface area contributed by atoms with Gasteiger partial charge in [-0.2, -0.15) is 0 Å². The summed E-state index contributed by atoms with van der Waals surface area (Å²) in [5.41, 5.74) is 1.17. The van der Waals surface area contributed by atoms with Gasteiger partial charge in [0.05, 0.1) is 7.11 Å². The van der Waals surface area contributed by atoms with Gasteiger partial charge in [-0.1, -0.05) is 18.6 Å². The van der Waals surface area contributed by atoms with Crippen LogP contribution in [0.5, 0.6) is 5.75 Å². The molecule has 0 aromatic heterocycles. The van der Waals surface area contributed by atoms with Crippen LogP contribution in [0.4, 0.5) is 0 Å². The van der Waals surface area contributed by atoms with E-state index in [1.165, 1.54) is 37.7 Å². The number of hydrogen-bond donors (Lipinski definition) is 1. The molecule has 23 heavy (non-hydrogen) atoms. The van der Waals surface area contributed by atoms with E-state index in [0.29, 0.717) is 12.5 Å². The zero-order chi connectivity index (χ0) is 15.8. The first kappa shape index (κ1) is 15.0. The summed E-state index contributed by atoms with van der Waals surface area (Å²) in [6.45, 7) is 0. The van der Waals surface area contributed by atoms with Crippen molar-refractivity contribution < 1.29 is 9.53 Å². The fraction of sp³-hybridized carbons (Fsp3) is 0.650. The summed E-state index contributed by atoms with van der Waals surface area (Å²) >= 11 is 0. The molecule has 3 fully saturated rings. The molecule has 124 valence electrons. The van der Waals surface area contributed by atoms with Crippen molar-refractivity contribution in [1.82, 2.24) is 5.32 Å². The van der Waals surface area contributed by atoms with E-state index >= 15 is 0 Å². The molecule has 3 aliphatic rings. The van der Waals surface area contributed by atoms with Crippen molar-refractivity contribution in [1.29, 1.82) is 0 Å². The molecule has 2 bridgehead atoms. The number of carbonyl (C=O) groups excluding carboxylic acids is 1. The lowest BCUT2D eigenvalue weighted by molar-refractivity contribution is -0.122. The lowest BCUT2D eigenvalue weighted by Crippen LogP contribution is -2.42. The van der Waals surface area contributed by atoms with Gasteiger partial charge in [-0.25, -0.2) is 0 Å². The Kier molecular flexibility index (Phi) is 4.04. The van der Waals surface area contributed by atoms with E-state index < -0.39 is 0 Å². The molecule has 0 heterocycles. The third-order valence-electron chi connectivity index (χ3n) is 6.55. The molecule has 3 saturated carbocycles. The number of amides is 1. The van der Waals surface area contributed by atoms with E-state index in [2.05, 4.69) is 11.4 Å². The normalized spacial score (nSPS) is 34.4. The highest BCUT2D eigenvalue weighted by atomic mass is 16.5. The molecule has 5 unspecified atom stereocenters. The molecule has 1 N–H and O–H groups in total. The minimum absolute atomic E-state index is 0.222. The van der Waals surface area contributed by atoms with Gasteiger partial charge in [-0.05, 0) is 73.5 Å². The smallest absolute Gasteiger partial charge is 0.220 e. The van der Waals surface area contributed by atoms with Gasteiger partial charge in [-0.15, -0.1) is 0 Å². The summed E-state index contributed by atoms with van der Waals surface area (Å²) in [4.78, 5) is 12.4. The second-order valence-electron chi connectivity index (χ2n) is 7.68. The highest BCUT2D eigenvalue weighted by molar-refractivity contribution is 5.76. The van der Waals surface area contributed by atoms with Crippen molar-refractivity contribution >= 4 is 5.91 Å². The Morgan fingerprint density at radius 2 is 2.09 bits per heavy atom. The Bertz CT molecular complexity index is 585. The first-order valence-corrected chi connectivity index (χ1v) is 9.17. The van der Waals surface area contributed by atoms with Gasteiger partial charge in [0.1, 0.15) is 5.75 Å². The van der Waals surface area contributed by atoms with Gasteiger partial charge < -0.3 is 10.1 Å². The van der Waals surface area contributed by atoms with Crippen LogP contribution in [0.1, 0.15) is 44.1 Å². The predicted octanol–water partition coefficient (Wildman–Crippen LogP) is 3.57. The summed E-state index contributed by atoms with van der Waals surface area (Å²) in [7, 11) is 1.68. The first-order chi connectivity index (χ1) is 11.2. The standard InChI is InChI=1S/C20H27NO2/c1-23-15-5-2-4-13(10-15)8-9-20(22)21-19-12-14-11-18(19)17-7-3-6-16(14)17/h2,4-5,10,14,16-19H,3,6-9,11-12H2,1H3,(H,21,22). The Morgan fingerprint density at radius 1 is 1.22 bits per heavy atom. The molecular formula is C20H27NO2. The van der Waals surface area contributed by atoms with E-state index in [9.17, 15) is 4.79 Å². The largest absolute Gasteiger partial charge is 0.497 e. The molecule has 4 rings (SSSR count). The molecule has 3 nitrogen and oxygen atoms in total. The number of rotatable bonds is 5. The Hall–Kier alpha value is -1.51. The monoisotopic (exact) mass is 313 g/mol. The van der Waals surface area contributed by atoms with E-state index in [1.807, 2.05) is 18.2 Å². The van der Waals surface area contributed by atoms with Crippen LogP contribution in [0.3, 0.4) is 0 Å². The molecule has 0 saturated heterocycles. The third-order valence-corrected chi connectivity index (χ3v) is 6.55. The Morgan fingerprint density at radius 3 is 2.96 bits per heavy atom. The van der Waals surface area contributed by atoms with E-state index in [0.717, 1.165) is 35.8 Å². The van der Waals surface area contributed by atoms with Crippen molar-refractivity contribution in [3.05, 3.63) is 29.8 Å². The summed E-state index contributed by atoms with van der Waals surface area (Å²) in [5.74, 6) is 4.66. The van der Waals surface area contributed by atoms with Crippen molar-refractivity contribution in [3.8, 4) is 5.75 Å². The topological polar surface area (TPSA) is 38.3 Å². The number of nitrogens with one attached hydrogen (secondary N) is 1. The van der Waals surface area contributed by atoms with Crippen molar-refractivity contribution in [2.45, 2.75) is 51.0 Å². The van der Waals surface area contributed by atoms with E-state index in [1.54, 1.807) is 7.11 Å². The molecule has 5 atom stereocenters. The zero-order valence-corrected chi connectivity index (χ0v) is 14.0. The van der Waals surface area contributed by atoms with Gasteiger partial charge in [0.2, 0.25) is 5.91 Å². The minimum Gasteiger partial charge on any atom is -0.497 e. The number of aryl methyl sites for hydroxylation is 1. The molecule has 1 aromatic rings. The van der Waals surface area contributed by atoms with Crippen LogP contribution in [0.25, 0.3) is 0 Å². The number of methoxy groups -OCH3 is 1. The highest BCUT2D eigenvalue weighted by Gasteiger charge is 2.53. The summed E-state index contributed by atoms with van der Waals surface area (Å²) in [6, 6.07) is 8.47. The maximum Gasteiger partial charge on any atom is 0.220 e. The van der Waals surface area contributed by atoms with Gasteiger partial charge >= 0.3 is 0 Å². The summed E-state index contributed by atoms with van der Waals surface area (Å²) < 4.78 is 5.24. The summed E-state index contributed by atoms with van der Waals surface area (Å²) in [6.07, 6.45) is 8.24. The molecule has 3 heteroatoms. The predicted molar refractivity (Wildman–Crippen MR) is 90.3 cm³/mol. The van der Waals surface area contributed by atoms with Crippen LogP contribution < -0.4 is 10.1 Å². The Labute approximate surface area is 138 Å². The number of ether oxygens (including phenoxy) is 1. The lowest BCUT2D eigenvalue weighted by Gasteiger charge is -2.32. The van der Waals surface area contributed by atoms with Gasteiger partial charge in [0, 0.05) is 12.5 Å². The van der Waals surface area contributed by atoms with Crippen molar-refractivity contribution in [2.24, 2.45) is 23.7 Å². The molecule has 0 radical (unpaired) electrons. The lowest BCUT2D eigenvalue weighted by atomic mass is 9.79. The fourth-order valence-electron chi connectivity index (χ4n) is 5.60. The van der Waals surface area contributed by atoms with Crippen LogP contribution in [0, 0.1) is 23.7 Å². The number of benzene rings is 1. The van der Waals surface area contributed by atoms with Gasteiger partial charge in [0.15, 0.2) is 0 Å². The molecule has 0 aliphatic heterocycles. The number of hydrogen-bond acceptors (Lipinski definition) is 2.